The van der Waals surface area contributed by atoms with Crippen molar-refractivity contribution in [3.05, 3.63) is 87.5 Å². The van der Waals surface area contributed by atoms with Crippen LogP contribution in [0.1, 0.15) is 36.8 Å². The molecule has 3 amide bonds. The minimum atomic E-state index is -0.687. The highest BCUT2D eigenvalue weighted by atomic mass is 16.2. The molecule has 1 aromatic carbocycles. The summed E-state index contributed by atoms with van der Waals surface area (Å²) in [5, 5.41) is 4.85. The second-order valence-electron chi connectivity index (χ2n) is 6.30. The number of nitrogen functional groups attached to an aromatic ring is 1. The minimum Gasteiger partial charge on any atom is -0.384 e. The molecule has 0 atom stereocenters. The lowest BCUT2D eigenvalue weighted by molar-refractivity contribution is 0.0878. The van der Waals surface area contributed by atoms with Crippen molar-refractivity contribution in [3.8, 4) is 5.69 Å². The zero-order chi connectivity index (χ0) is 20.5. The summed E-state index contributed by atoms with van der Waals surface area (Å²) in [6, 6.07) is 12.7. The third-order valence-electron chi connectivity index (χ3n) is 4.50. The summed E-state index contributed by atoms with van der Waals surface area (Å²) >= 11 is 0. The molecule has 0 spiro atoms. The van der Waals surface area contributed by atoms with E-state index in [1.165, 1.54) is 12.1 Å². The number of aromatic nitrogens is 2. The summed E-state index contributed by atoms with van der Waals surface area (Å²) < 4.78 is 1.05. The second kappa shape index (κ2) is 7.04. The average Bonchev–Trinajstić information content (AvgIpc) is 3.00. The number of anilines is 1. The van der Waals surface area contributed by atoms with Crippen molar-refractivity contribution in [1.82, 2.24) is 20.2 Å². The standard InChI is InChI=1S/C20H15N5O4/c21-17-16-13(19(28)24-20(16)29)9-15(26)25(17)14-7-2-1-6-12(14)18(27)23-10-11-5-3-4-8-22-11/h1-9H,10,21H2,(H,23,27)(H,24,28,29). The van der Waals surface area contributed by atoms with Gasteiger partial charge in [0, 0.05) is 12.3 Å². The van der Waals surface area contributed by atoms with Crippen LogP contribution in [-0.2, 0) is 6.54 Å². The Kier molecular flexibility index (Phi) is 4.40. The van der Waals surface area contributed by atoms with Gasteiger partial charge in [-0.15, -0.1) is 0 Å². The summed E-state index contributed by atoms with van der Waals surface area (Å²) in [7, 11) is 0. The fraction of sp³-hybridized carbons (Fsp3) is 0.0500. The molecule has 1 aliphatic rings. The maximum Gasteiger partial charge on any atom is 0.262 e. The van der Waals surface area contributed by atoms with Crippen LogP contribution in [0.5, 0.6) is 0 Å². The monoisotopic (exact) mass is 389 g/mol. The smallest absolute Gasteiger partial charge is 0.262 e. The summed E-state index contributed by atoms with van der Waals surface area (Å²) in [6.45, 7) is 0.194. The molecule has 3 aromatic rings. The lowest BCUT2D eigenvalue weighted by Gasteiger charge is -2.15. The number of imide groups is 1. The number of nitrogens with two attached hydrogens (primary N) is 1. The molecule has 3 heterocycles. The average molecular weight is 389 g/mol. The molecule has 0 saturated carbocycles. The predicted molar refractivity (Wildman–Crippen MR) is 104 cm³/mol. The van der Waals surface area contributed by atoms with E-state index >= 15 is 0 Å². The molecule has 144 valence electrons. The molecule has 0 unspecified atom stereocenters. The van der Waals surface area contributed by atoms with Crippen LogP contribution in [0.25, 0.3) is 5.69 Å². The first-order chi connectivity index (χ1) is 14.0. The minimum absolute atomic E-state index is 0.0779. The van der Waals surface area contributed by atoms with Crippen LogP contribution in [0.15, 0.2) is 59.5 Å². The zero-order valence-corrected chi connectivity index (χ0v) is 15.0. The third kappa shape index (κ3) is 3.14. The number of benzene rings is 1. The Balaban J connectivity index is 1.75. The van der Waals surface area contributed by atoms with E-state index in [4.69, 9.17) is 5.73 Å². The van der Waals surface area contributed by atoms with Crippen LogP contribution in [0.2, 0.25) is 0 Å². The second-order valence-corrected chi connectivity index (χ2v) is 6.30. The molecule has 9 heteroatoms. The first-order valence-electron chi connectivity index (χ1n) is 8.66. The molecule has 1 aliphatic heterocycles. The molecule has 0 fully saturated rings. The molecule has 9 nitrogen and oxygen atoms in total. The molecule has 0 radical (unpaired) electrons. The molecule has 0 saturated heterocycles. The Bertz CT molecular complexity index is 1220. The number of nitrogens with one attached hydrogen (secondary N) is 2. The normalized spacial score (nSPS) is 12.4. The van der Waals surface area contributed by atoms with Gasteiger partial charge in [0.2, 0.25) is 0 Å². The highest BCUT2D eigenvalue weighted by Gasteiger charge is 2.32. The number of nitrogens with zero attached hydrogens (tertiary/aromatic N) is 2. The van der Waals surface area contributed by atoms with Crippen LogP contribution in [0.3, 0.4) is 0 Å². The predicted octanol–water partition coefficient (Wildman–Crippen LogP) is 0.628. The number of hydrogen-bond acceptors (Lipinski definition) is 6. The lowest BCUT2D eigenvalue weighted by atomic mass is 10.1. The number of fused-ring (bicyclic) bond motifs is 1. The van der Waals surface area contributed by atoms with Crippen molar-refractivity contribution < 1.29 is 14.4 Å². The number of carbonyl (C=O) groups is 3. The summed E-state index contributed by atoms with van der Waals surface area (Å²) in [6.07, 6.45) is 1.62. The fourth-order valence-corrected chi connectivity index (χ4v) is 3.16. The number of hydrogen-bond donors (Lipinski definition) is 3. The van der Waals surface area contributed by atoms with Crippen molar-refractivity contribution >= 4 is 23.5 Å². The van der Waals surface area contributed by atoms with Crippen LogP contribution in [-0.4, -0.2) is 27.3 Å². The Labute approximate surface area is 164 Å². The molecule has 0 aliphatic carbocycles. The van der Waals surface area contributed by atoms with Crippen molar-refractivity contribution in [1.29, 1.82) is 0 Å². The van der Waals surface area contributed by atoms with Gasteiger partial charge in [-0.25, -0.2) is 0 Å². The van der Waals surface area contributed by atoms with Crippen LogP contribution >= 0.6 is 0 Å². The van der Waals surface area contributed by atoms with Crippen molar-refractivity contribution in [3.63, 3.8) is 0 Å². The molecular formula is C20H15N5O4. The van der Waals surface area contributed by atoms with E-state index in [1.54, 1.807) is 36.5 Å². The number of carbonyl (C=O) groups excluding carboxylic acids is 3. The quantitative estimate of drug-likeness (QED) is 0.560. The molecule has 4 rings (SSSR count). The number of para-hydroxylation sites is 1. The largest absolute Gasteiger partial charge is 0.384 e. The molecular weight excluding hydrogens is 374 g/mol. The molecule has 29 heavy (non-hydrogen) atoms. The van der Waals surface area contributed by atoms with Gasteiger partial charge >= 0.3 is 0 Å². The highest BCUT2D eigenvalue weighted by Crippen LogP contribution is 2.24. The van der Waals surface area contributed by atoms with Gasteiger partial charge in [-0.1, -0.05) is 18.2 Å². The van der Waals surface area contributed by atoms with E-state index in [9.17, 15) is 19.2 Å². The first-order valence-corrected chi connectivity index (χ1v) is 8.66. The SMILES string of the molecule is Nc1c2c(cc(=O)n1-c1ccccc1C(=O)NCc1ccccn1)C(=O)NC2=O. The Hall–Kier alpha value is -4.27. The van der Waals surface area contributed by atoms with Crippen molar-refractivity contribution in [2.24, 2.45) is 0 Å². The van der Waals surface area contributed by atoms with Crippen LogP contribution in [0.4, 0.5) is 5.82 Å². The van der Waals surface area contributed by atoms with Gasteiger partial charge in [0.1, 0.15) is 5.82 Å². The Morgan fingerprint density at radius 1 is 1.07 bits per heavy atom. The van der Waals surface area contributed by atoms with E-state index in [1.807, 2.05) is 0 Å². The van der Waals surface area contributed by atoms with Gasteiger partial charge in [-0.05, 0) is 24.3 Å². The highest BCUT2D eigenvalue weighted by molar-refractivity contribution is 6.23. The van der Waals surface area contributed by atoms with E-state index < -0.39 is 23.3 Å². The zero-order valence-electron chi connectivity index (χ0n) is 15.0. The van der Waals surface area contributed by atoms with Gasteiger partial charge in [-0.3, -0.25) is 34.0 Å². The van der Waals surface area contributed by atoms with E-state index in [-0.39, 0.29) is 34.7 Å². The van der Waals surface area contributed by atoms with E-state index in [0.29, 0.717) is 5.69 Å². The Morgan fingerprint density at radius 3 is 2.59 bits per heavy atom. The van der Waals surface area contributed by atoms with Gasteiger partial charge < -0.3 is 11.1 Å². The van der Waals surface area contributed by atoms with Crippen molar-refractivity contribution in [2.45, 2.75) is 6.54 Å². The van der Waals surface area contributed by atoms with Gasteiger partial charge in [0.15, 0.2) is 0 Å². The number of amides is 3. The van der Waals surface area contributed by atoms with Crippen LogP contribution in [0, 0.1) is 0 Å². The van der Waals surface area contributed by atoms with E-state index in [0.717, 1.165) is 10.6 Å². The fourth-order valence-electron chi connectivity index (χ4n) is 3.16. The molecule has 0 bridgehead atoms. The van der Waals surface area contributed by atoms with Gasteiger partial charge in [0.05, 0.1) is 34.6 Å². The number of rotatable bonds is 4. The van der Waals surface area contributed by atoms with Crippen molar-refractivity contribution in [2.75, 3.05) is 5.73 Å². The van der Waals surface area contributed by atoms with Crippen LogP contribution < -0.4 is 21.9 Å². The summed E-state index contributed by atoms with van der Waals surface area (Å²) in [4.78, 5) is 53.4. The van der Waals surface area contributed by atoms with Gasteiger partial charge in [0.25, 0.3) is 23.3 Å². The maximum absolute atomic E-state index is 12.8. The molecule has 4 N–H and O–H groups in total. The topological polar surface area (TPSA) is 136 Å². The lowest BCUT2D eigenvalue weighted by Crippen LogP contribution is -2.29. The maximum atomic E-state index is 12.8. The summed E-state index contributed by atoms with van der Waals surface area (Å²) in [5.41, 5.74) is 6.32. The Morgan fingerprint density at radius 2 is 1.83 bits per heavy atom. The van der Waals surface area contributed by atoms with E-state index in [2.05, 4.69) is 15.6 Å². The number of pyridine rings is 2. The molecule has 2 aromatic heterocycles. The summed E-state index contributed by atoms with van der Waals surface area (Å²) in [5.74, 6) is -2.02. The first kappa shape index (κ1) is 18.1. The third-order valence-corrected chi connectivity index (χ3v) is 4.50. The van der Waals surface area contributed by atoms with Gasteiger partial charge in [-0.2, -0.15) is 0 Å².